The second kappa shape index (κ2) is 14.7. The largest absolute Gasteiger partial charge is 0.441 e. The predicted molar refractivity (Wildman–Crippen MR) is 162 cm³/mol. The molecule has 2 aromatic rings. The number of hydrogen-bond donors (Lipinski definition) is 3. The predicted octanol–water partition coefficient (Wildman–Crippen LogP) is 5.68. The molecule has 4 rings (SSSR count). The van der Waals surface area contributed by atoms with Crippen LogP contribution < -0.4 is 16.0 Å². The molecular weight excluding hydrogens is 554 g/mol. The van der Waals surface area contributed by atoms with E-state index in [1.165, 1.54) is 0 Å². The van der Waals surface area contributed by atoms with E-state index in [1.807, 2.05) is 62.4 Å². The van der Waals surface area contributed by atoms with Crippen LogP contribution in [-0.4, -0.2) is 41.8 Å². The smallest absolute Gasteiger partial charge is 0.408 e. The molecule has 2 aliphatic rings. The lowest BCUT2D eigenvalue weighted by molar-refractivity contribution is -0.127. The van der Waals surface area contributed by atoms with E-state index in [1.54, 1.807) is 6.07 Å². The first kappa shape index (κ1) is 31.5. The van der Waals surface area contributed by atoms with E-state index >= 15 is 0 Å². The summed E-state index contributed by atoms with van der Waals surface area (Å²) in [5.74, 6) is -0.655. The Balaban J connectivity index is 1.46. The van der Waals surface area contributed by atoms with Crippen LogP contribution in [0.3, 0.4) is 0 Å². The Hall–Kier alpha value is -3.39. The van der Waals surface area contributed by atoms with Crippen molar-refractivity contribution >= 4 is 35.8 Å². The molecule has 2 fully saturated rings. The van der Waals surface area contributed by atoms with Gasteiger partial charge in [-0.15, -0.1) is 0 Å². The molecular formula is C33H42ClN3O5. The molecule has 0 spiro atoms. The summed E-state index contributed by atoms with van der Waals surface area (Å²) in [7, 11) is 0. The lowest BCUT2D eigenvalue weighted by Gasteiger charge is -2.28. The average molecular weight is 596 g/mol. The van der Waals surface area contributed by atoms with Crippen molar-refractivity contribution in [3.8, 4) is 0 Å². The molecule has 3 N–H and O–H groups in total. The molecule has 3 amide bonds. The Morgan fingerprint density at radius 3 is 2.43 bits per heavy atom. The number of nitrogens with one attached hydrogen (secondary N) is 3. The molecule has 8 nitrogen and oxygen atoms in total. The number of carbonyl (C=O) groups is 4. The van der Waals surface area contributed by atoms with Gasteiger partial charge in [0.25, 0.3) is 0 Å². The van der Waals surface area contributed by atoms with Crippen LogP contribution in [0.15, 0.2) is 54.6 Å². The van der Waals surface area contributed by atoms with Crippen LogP contribution in [0.5, 0.6) is 0 Å². The molecule has 4 atom stereocenters. The van der Waals surface area contributed by atoms with Gasteiger partial charge in [-0.05, 0) is 62.3 Å². The van der Waals surface area contributed by atoms with Gasteiger partial charge in [0.2, 0.25) is 11.8 Å². The summed E-state index contributed by atoms with van der Waals surface area (Å²) in [5.41, 5.74) is 1.38. The topological polar surface area (TPSA) is 114 Å². The van der Waals surface area contributed by atoms with Gasteiger partial charge < -0.3 is 25.5 Å². The van der Waals surface area contributed by atoms with Crippen molar-refractivity contribution in [1.29, 1.82) is 0 Å². The van der Waals surface area contributed by atoms with Gasteiger partial charge in [-0.1, -0.05) is 86.2 Å². The number of rotatable bonds is 12. The van der Waals surface area contributed by atoms with Gasteiger partial charge in [-0.3, -0.25) is 9.59 Å². The van der Waals surface area contributed by atoms with Gasteiger partial charge in [0.05, 0.1) is 6.04 Å². The lowest BCUT2D eigenvalue weighted by atomic mass is 9.84. The molecule has 4 unspecified atom stereocenters. The van der Waals surface area contributed by atoms with Crippen molar-refractivity contribution in [3.63, 3.8) is 0 Å². The summed E-state index contributed by atoms with van der Waals surface area (Å²) < 4.78 is 5.93. The lowest BCUT2D eigenvalue weighted by Crippen LogP contribution is -2.51. The van der Waals surface area contributed by atoms with Crippen molar-refractivity contribution in [2.24, 2.45) is 11.8 Å². The van der Waals surface area contributed by atoms with E-state index in [0.717, 1.165) is 43.2 Å². The van der Waals surface area contributed by atoms with E-state index < -0.39 is 30.2 Å². The van der Waals surface area contributed by atoms with Crippen LogP contribution in [0.2, 0.25) is 5.02 Å². The van der Waals surface area contributed by atoms with E-state index in [-0.39, 0.29) is 29.7 Å². The number of amides is 3. The Morgan fingerprint density at radius 1 is 1.05 bits per heavy atom. The molecule has 1 saturated heterocycles. The highest BCUT2D eigenvalue weighted by atomic mass is 35.5. The monoisotopic (exact) mass is 595 g/mol. The summed E-state index contributed by atoms with van der Waals surface area (Å²) >= 11 is 6.19. The van der Waals surface area contributed by atoms with Crippen LogP contribution in [0.25, 0.3) is 0 Å². The fraction of sp³-hybridized carbons (Fsp3) is 0.515. The first-order chi connectivity index (χ1) is 20.1. The molecule has 1 saturated carbocycles. The number of carbonyl (C=O) groups excluding carboxylic acids is 4. The first-order valence-corrected chi connectivity index (χ1v) is 15.3. The third-order valence-electron chi connectivity index (χ3n) is 8.25. The molecule has 0 radical (unpaired) electrons. The highest BCUT2D eigenvalue weighted by Crippen LogP contribution is 2.30. The number of ether oxygens (including phenoxy) is 1. The Labute approximate surface area is 253 Å². The minimum atomic E-state index is -0.875. The Morgan fingerprint density at radius 2 is 1.79 bits per heavy atom. The molecule has 1 heterocycles. The molecule has 0 aromatic heterocycles. The number of alkyl carbamates (subject to hydrolysis) is 1. The van der Waals surface area contributed by atoms with Gasteiger partial charge in [0.1, 0.15) is 18.4 Å². The number of aldehydes is 1. The Bertz CT molecular complexity index is 1230. The maximum Gasteiger partial charge on any atom is 0.408 e. The van der Waals surface area contributed by atoms with Crippen LogP contribution in [0, 0.1) is 11.8 Å². The molecule has 9 heteroatoms. The van der Waals surface area contributed by atoms with E-state index in [9.17, 15) is 19.2 Å². The van der Waals surface area contributed by atoms with E-state index in [0.29, 0.717) is 30.6 Å². The standard InChI is InChI=1S/C33H42ClN3O5/c1-33(2)20-25(30(39)37-33)19-27(21-38)35-31(40)28(17-22-10-5-3-6-11-22)36-32(41)42-29(24-13-7-4-8-14-24)18-23-12-9-15-26(34)16-23/h4,7-9,12-16,21-22,25,27-29H,3,5-6,10-11,17-20H2,1-2H3,(H,35,40)(H,36,41)(H,37,39). The quantitative estimate of drug-likeness (QED) is 0.273. The minimum absolute atomic E-state index is 0.117. The highest BCUT2D eigenvalue weighted by Gasteiger charge is 2.39. The average Bonchev–Trinajstić information content (AvgIpc) is 3.23. The SMILES string of the molecule is CC1(C)CC(CC(C=O)NC(=O)C(CC2CCCCC2)NC(=O)OC(Cc2cccc(Cl)c2)c2ccccc2)C(=O)N1. The second-order valence-electron chi connectivity index (χ2n) is 12.3. The van der Waals surface area contributed by atoms with Gasteiger partial charge >= 0.3 is 6.09 Å². The zero-order chi connectivity index (χ0) is 30.1. The number of hydrogen-bond acceptors (Lipinski definition) is 5. The molecule has 2 aromatic carbocycles. The second-order valence-corrected chi connectivity index (χ2v) is 12.8. The summed E-state index contributed by atoms with van der Waals surface area (Å²) in [6.07, 6.45) is 6.31. The zero-order valence-electron chi connectivity index (χ0n) is 24.4. The summed E-state index contributed by atoms with van der Waals surface area (Å²) in [4.78, 5) is 51.2. The maximum absolute atomic E-state index is 13.5. The Kier molecular flexibility index (Phi) is 11.0. The maximum atomic E-state index is 13.5. The van der Waals surface area contributed by atoms with Crippen LogP contribution in [0.1, 0.15) is 82.4 Å². The molecule has 1 aliphatic heterocycles. The van der Waals surface area contributed by atoms with Crippen molar-refractivity contribution in [1.82, 2.24) is 16.0 Å². The third kappa shape index (κ3) is 9.31. The van der Waals surface area contributed by atoms with Crippen molar-refractivity contribution in [3.05, 3.63) is 70.7 Å². The molecule has 42 heavy (non-hydrogen) atoms. The van der Waals surface area contributed by atoms with E-state index in [4.69, 9.17) is 16.3 Å². The van der Waals surface area contributed by atoms with E-state index in [2.05, 4.69) is 16.0 Å². The summed E-state index contributed by atoms with van der Waals surface area (Å²) in [5, 5.41) is 9.13. The highest BCUT2D eigenvalue weighted by molar-refractivity contribution is 6.30. The van der Waals surface area contributed by atoms with Crippen molar-refractivity contribution in [2.75, 3.05) is 0 Å². The fourth-order valence-corrected chi connectivity index (χ4v) is 6.40. The van der Waals surface area contributed by atoms with Gasteiger partial charge in [-0.25, -0.2) is 4.79 Å². The summed E-state index contributed by atoms with van der Waals surface area (Å²) in [6.45, 7) is 3.87. The van der Waals surface area contributed by atoms with Crippen molar-refractivity contribution in [2.45, 2.75) is 95.4 Å². The fourth-order valence-electron chi connectivity index (χ4n) is 6.19. The van der Waals surface area contributed by atoms with Gasteiger partial charge in [0, 0.05) is 22.9 Å². The van der Waals surface area contributed by atoms with Gasteiger partial charge in [-0.2, -0.15) is 0 Å². The van der Waals surface area contributed by atoms with Crippen LogP contribution in [-0.2, 0) is 25.5 Å². The normalized spacial score (nSPS) is 20.5. The van der Waals surface area contributed by atoms with Crippen LogP contribution in [0.4, 0.5) is 4.79 Å². The third-order valence-corrected chi connectivity index (χ3v) is 8.49. The first-order valence-electron chi connectivity index (χ1n) is 15.0. The van der Waals surface area contributed by atoms with Crippen molar-refractivity contribution < 1.29 is 23.9 Å². The number of benzene rings is 2. The van der Waals surface area contributed by atoms with Crippen LogP contribution >= 0.6 is 11.6 Å². The zero-order valence-corrected chi connectivity index (χ0v) is 25.2. The summed E-state index contributed by atoms with van der Waals surface area (Å²) in [6, 6.07) is 15.1. The number of halogens is 1. The molecule has 0 bridgehead atoms. The molecule has 226 valence electrons. The minimum Gasteiger partial charge on any atom is -0.441 e. The van der Waals surface area contributed by atoms with Gasteiger partial charge in [0.15, 0.2) is 0 Å². The molecule has 1 aliphatic carbocycles.